The van der Waals surface area contributed by atoms with Crippen molar-refractivity contribution in [3.05, 3.63) is 16.5 Å². The second-order valence-electron chi connectivity index (χ2n) is 5.32. The number of nitrogens with zero attached hydrogens (tertiary/aromatic N) is 4. The van der Waals surface area contributed by atoms with Crippen LogP contribution in [0.5, 0.6) is 0 Å². The van der Waals surface area contributed by atoms with Gasteiger partial charge in [-0.05, 0) is 20.3 Å². The lowest BCUT2D eigenvalue weighted by atomic mass is 10.1. The van der Waals surface area contributed by atoms with Crippen molar-refractivity contribution in [3.8, 4) is 10.8 Å². The number of rotatable bonds is 4. The van der Waals surface area contributed by atoms with Crippen molar-refractivity contribution in [2.45, 2.75) is 33.2 Å². The summed E-state index contributed by atoms with van der Waals surface area (Å²) in [6.45, 7) is 10.3. The van der Waals surface area contributed by atoms with Gasteiger partial charge in [-0.15, -0.1) is 11.3 Å². The molecule has 1 aliphatic rings. The van der Waals surface area contributed by atoms with E-state index in [1.54, 1.807) is 11.3 Å². The molecule has 0 aliphatic carbocycles. The van der Waals surface area contributed by atoms with Crippen molar-refractivity contribution in [2.24, 2.45) is 0 Å². The molecule has 1 saturated heterocycles. The first kappa shape index (κ1) is 14.6. The molecule has 21 heavy (non-hydrogen) atoms. The average Bonchev–Trinajstić information content (AvgIpc) is 3.08. The molecule has 0 bridgehead atoms. The van der Waals surface area contributed by atoms with Crippen LogP contribution in [0.3, 0.4) is 0 Å². The smallest absolute Gasteiger partial charge is 0.269 e. The van der Waals surface area contributed by atoms with E-state index in [1.165, 1.54) is 0 Å². The van der Waals surface area contributed by atoms with Crippen molar-refractivity contribution < 1.29 is 4.52 Å². The lowest BCUT2D eigenvalue weighted by Crippen LogP contribution is -2.45. The zero-order valence-electron chi connectivity index (χ0n) is 12.7. The van der Waals surface area contributed by atoms with Crippen LogP contribution in [0.1, 0.15) is 35.9 Å². The normalized spacial score (nSPS) is 18.0. The Hall–Kier alpha value is -1.31. The molecule has 0 radical (unpaired) electrons. The summed E-state index contributed by atoms with van der Waals surface area (Å²) < 4.78 is 5.49. The minimum Gasteiger partial charge on any atom is -0.333 e. The first-order valence-corrected chi connectivity index (χ1v) is 8.23. The molecule has 1 atom stereocenters. The maximum atomic E-state index is 5.49. The summed E-state index contributed by atoms with van der Waals surface area (Å²) in [5, 5.41) is 8.62. The van der Waals surface area contributed by atoms with Crippen molar-refractivity contribution >= 4 is 11.3 Å². The Morgan fingerprint density at radius 1 is 1.29 bits per heavy atom. The van der Waals surface area contributed by atoms with Gasteiger partial charge in [0.1, 0.15) is 4.88 Å². The highest BCUT2D eigenvalue weighted by Crippen LogP contribution is 2.30. The molecule has 0 spiro atoms. The van der Waals surface area contributed by atoms with Crippen molar-refractivity contribution in [1.82, 2.24) is 25.3 Å². The Balaban J connectivity index is 1.84. The maximum absolute atomic E-state index is 5.49. The van der Waals surface area contributed by atoms with Gasteiger partial charge in [0.15, 0.2) is 5.82 Å². The van der Waals surface area contributed by atoms with Gasteiger partial charge in [0.2, 0.25) is 0 Å². The molecule has 0 aromatic carbocycles. The fraction of sp³-hybridized carbons (Fsp3) is 0.643. The quantitative estimate of drug-likeness (QED) is 0.933. The van der Waals surface area contributed by atoms with Crippen LogP contribution < -0.4 is 5.32 Å². The van der Waals surface area contributed by atoms with E-state index >= 15 is 0 Å². The predicted molar refractivity (Wildman–Crippen MR) is 82.4 cm³/mol. The Labute approximate surface area is 128 Å². The molecule has 0 saturated carbocycles. The van der Waals surface area contributed by atoms with Crippen LogP contribution in [0.2, 0.25) is 0 Å². The van der Waals surface area contributed by atoms with E-state index in [9.17, 15) is 0 Å². The first-order valence-electron chi connectivity index (χ1n) is 7.41. The summed E-state index contributed by atoms with van der Waals surface area (Å²) in [6, 6.07) is 0.235. The minimum absolute atomic E-state index is 0.235. The average molecular weight is 307 g/mol. The summed E-state index contributed by atoms with van der Waals surface area (Å²) in [6.07, 6.45) is 0.986. The van der Waals surface area contributed by atoms with Crippen LogP contribution in [-0.2, 0) is 0 Å². The van der Waals surface area contributed by atoms with Gasteiger partial charge in [-0.1, -0.05) is 12.1 Å². The van der Waals surface area contributed by atoms with Gasteiger partial charge in [-0.25, -0.2) is 4.98 Å². The van der Waals surface area contributed by atoms with E-state index in [1.807, 2.05) is 13.8 Å². The number of nitrogens with one attached hydrogen (secondary N) is 1. The molecule has 2 aromatic rings. The van der Waals surface area contributed by atoms with Crippen LogP contribution >= 0.6 is 11.3 Å². The third-order valence-electron chi connectivity index (χ3n) is 3.82. The number of aryl methyl sites for hydroxylation is 2. The molecule has 1 N–H and O–H groups in total. The largest absolute Gasteiger partial charge is 0.333 e. The monoisotopic (exact) mass is 307 g/mol. The third-order valence-corrected chi connectivity index (χ3v) is 4.88. The molecule has 2 aromatic heterocycles. The van der Waals surface area contributed by atoms with Crippen LogP contribution in [0.15, 0.2) is 4.52 Å². The number of thiazole rings is 1. The summed E-state index contributed by atoms with van der Waals surface area (Å²) in [5.41, 5.74) is 0.961. The van der Waals surface area contributed by atoms with E-state index in [0.29, 0.717) is 5.89 Å². The standard InChI is InChI=1S/C14H21N5OS/c1-4-11(19-7-5-15-6-8-19)13-17-14(20-18-13)12-9(2)16-10(3)21-12/h11,15H,4-8H2,1-3H3. The van der Waals surface area contributed by atoms with E-state index in [4.69, 9.17) is 4.52 Å². The molecule has 3 rings (SSSR count). The van der Waals surface area contributed by atoms with Crippen LogP contribution in [-0.4, -0.2) is 46.2 Å². The van der Waals surface area contributed by atoms with Crippen molar-refractivity contribution in [1.29, 1.82) is 0 Å². The highest BCUT2D eigenvalue weighted by Gasteiger charge is 2.26. The second kappa shape index (κ2) is 6.21. The lowest BCUT2D eigenvalue weighted by molar-refractivity contribution is 0.160. The molecule has 114 valence electrons. The molecule has 0 amide bonds. The van der Waals surface area contributed by atoms with Gasteiger partial charge in [0.05, 0.1) is 16.7 Å². The molecular formula is C14H21N5OS. The van der Waals surface area contributed by atoms with Crippen molar-refractivity contribution in [3.63, 3.8) is 0 Å². The Kier molecular flexibility index (Phi) is 4.32. The number of piperazine rings is 1. The topological polar surface area (TPSA) is 67.1 Å². The van der Waals surface area contributed by atoms with Crippen LogP contribution in [0.25, 0.3) is 10.8 Å². The van der Waals surface area contributed by atoms with Gasteiger partial charge in [-0.2, -0.15) is 4.98 Å². The first-order chi connectivity index (χ1) is 10.2. The van der Waals surface area contributed by atoms with Crippen molar-refractivity contribution in [2.75, 3.05) is 26.2 Å². The summed E-state index contributed by atoms with van der Waals surface area (Å²) in [4.78, 5) is 12.5. The number of hydrogen-bond acceptors (Lipinski definition) is 7. The summed E-state index contributed by atoms with van der Waals surface area (Å²) in [7, 11) is 0. The number of aromatic nitrogens is 3. The van der Waals surface area contributed by atoms with E-state index in [-0.39, 0.29) is 6.04 Å². The minimum atomic E-state index is 0.235. The molecule has 1 fully saturated rings. The highest BCUT2D eigenvalue weighted by atomic mass is 32.1. The fourth-order valence-electron chi connectivity index (χ4n) is 2.79. The summed E-state index contributed by atoms with van der Waals surface area (Å²) >= 11 is 1.60. The van der Waals surface area contributed by atoms with Crippen LogP contribution in [0, 0.1) is 13.8 Å². The van der Waals surface area contributed by atoms with Gasteiger partial charge in [0, 0.05) is 26.2 Å². The van der Waals surface area contributed by atoms with Gasteiger partial charge < -0.3 is 9.84 Å². The number of hydrogen-bond donors (Lipinski definition) is 1. The summed E-state index contributed by atoms with van der Waals surface area (Å²) in [5.74, 6) is 1.39. The Morgan fingerprint density at radius 2 is 2.05 bits per heavy atom. The lowest BCUT2D eigenvalue weighted by Gasteiger charge is -2.32. The van der Waals surface area contributed by atoms with E-state index in [2.05, 4.69) is 32.3 Å². The predicted octanol–water partition coefficient (Wildman–Crippen LogP) is 2.17. The molecule has 3 heterocycles. The van der Waals surface area contributed by atoms with Gasteiger partial charge in [0.25, 0.3) is 5.89 Å². The Morgan fingerprint density at radius 3 is 2.67 bits per heavy atom. The van der Waals surface area contributed by atoms with Crippen LogP contribution in [0.4, 0.5) is 0 Å². The maximum Gasteiger partial charge on any atom is 0.269 e. The Bertz CT molecular complexity index is 602. The van der Waals surface area contributed by atoms with Gasteiger partial charge in [-0.3, -0.25) is 4.90 Å². The fourth-order valence-corrected chi connectivity index (χ4v) is 3.63. The molecule has 6 nitrogen and oxygen atoms in total. The molecule has 1 unspecified atom stereocenters. The SMILES string of the molecule is CCC(c1noc(-c2sc(C)nc2C)n1)N1CCNCC1. The third kappa shape index (κ3) is 3.00. The second-order valence-corrected chi connectivity index (χ2v) is 6.52. The molecular weight excluding hydrogens is 286 g/mol. The molecule has 1 aliphatic heterocycles. The van der Waals surface area contributed by atoms with E-state index in [0.717, 1.165) is 54.0 Å². The zero-order valence-corrected chi connectivity index (χ0v) is 13.5. The highest BCUT2D eigenvalue weighted by molar-refractivity contribution is 7.15. The zero-order chi connectivity index (χ0) is 14.8. The van der Waals surface area contributed by atoms with E-state index < -0.39 is 0 Å². The van der Waals surface area contributed by atoms with Gasteiger partial charge >= 0.3 is 0 Å². The molecule has 7 heteroatoms.